The Bertz CT molecular complexity index is 510. The third-order valence-electron chi connectivity index (χ3n) is 2.51. The fourth-order valence-electron chi connectivity index (χ4n) is 1.91. The molecule has 0 aliphatic rings. The molecule has 0 bridgehead atoms. The predicted octanol–water partition coefficient (Wildman–Crippen LogP) is 3.62. The second-order valence-corrected chi connectivity index (χ2v) is 4.02. The summed E-state index contributed by atoms with van der Waals surface area (Å²) >= 11 is 0. The summed E-state index contributed by atoms with van der Waals surface area (Å²) in [6, 6.07) is 8.25. The smallest absolute Gasteiger partial charge is 0.128 e. The molecule has 1 aromatic carbocycles. The Morgan fingerprint density at radius 3 is 2.88 bits per heavy atom. The number of allylic oxidation sites excluding steroid dienone is 1. The molecule has 2 nitrogen and oxygen atoms in total. The van der Waals surface area contributed by atoms with E-state index in [9.17, 15) is 0 Å². The largest absolute Gasteiger partial charge is 0.493 e. The van der Waals surface area contributed by atoms with Gasteiger partial charge in [0.25, 0.3) is 0 Å². The molecule has 0 unspecified atom stereocenters. The maximum absolute atomic E-state index is 5.60. The van der Waals surface area contributed by atoms with Crippen LogP contribution in [0.5, 0.6) is 5.75 Å². The van der Waals surface area contributed by atoms with Crippen molar-refractivity contribution < 1.29 is 4.74 Å². The lowest BCUT2D eigenvalue weighted by molar-refractivity contribution is 0.344. The molecular weight excluding hydrogens is 198 g/mol. The Labute approximate surface area is 96.1 Å². The second-order valence-electron chi connectivity index (χ2n) is 4.02. The van der Waals surface area contributed by atoms with E-state index in [0.717, 1.165) is 17.9 Å². The molecular formula is C14H17NO. The van der Waals surface area contributed by atoms with Crippen molar-refractivity contribution in [3.8, 4) is 5.75 Å². The number of benzene rings is 1. The van der Waals surface area contributed by atoms with E-state index in [1.165, 1.54) is 10.9 Å². The van der Waals surface area contributed by atoms with Gasteiger partial charge in [0.1, 0.15) is 5.75 Å². The van der Waals surface area contributed by atoms with Crippen molar-refractivity contribution in [1.29, 1.82) is 0 Å². The number of rotatable bonds is 4. The summed E-state index contributed by atoms with van der Waals surface area (Å²) in [7, 11) is 0. The summed E-state index contributed by atoms with van der Waals surface area (Å²) < 4.78 is 7.80. The molecule has 0 saturated heterocycles. The Hall–Kier alpha value is -1.70. The first-order chi connectivity index (χ1) is 7.72. The van der Waals surface area contributed by atoms with Crippen molar-refractivity contribution >= 4 is 10.9 Å². The van der Waals surface area contributed by atoms with E-state index in [4.69, 9.17) is 4.74 Å². The van der Waals surface area contributed by atoms with Crippen LogP contribution < -0.4 is 4.74 Å². The molecule has 0 amide bonds. The Morgan fingerprint density at radius 1 is 1.38 bits per heavy atom. The first kappa shape index (κ1) is 10.8. The van der Waals surface area contributed by atoms with Crippen molar-refractivity contribution in [2.45, 2.75) is 20.4 Å². The molecule has 0 radical (unpaired) electrons. The normalized spacial score (nSPS) is 10.6. The highest BCUT2D eigenvalue weighted by Crippen LogP contribution is 2.26. The van der Waals surface area contributed by atoms with E-state index in [0.29, 0.717) is 6.61 Å². The molecule has 0 aliphatic heterocycles. The molecule has 84 valence electrons. The molecule has 0 saturated carbocycles. The van der Waals surface area contributed by atoms with Gasteiger partial charge in [-0.15, -0.1) is 0 Å². The van der Waals surface area contributed by atoms with Crippen LogP contribution in [0.4, 0.5) is 0 Å². The molecule has 2 aromatic rings. The van der Waals surface area contributed by atoms with Gasteiger partial charge in [-0.25, -0.2) is 0 Å². The Balaban J connectivity index is 2.48. The number of aromatic nitrogens is 1. The van der Waals surface area contributed by atoms with Crippen molar-refractivity contribution in [2.24, 2.45) is 0 Å². The van der Waals surface area contributed by atoms with Crippen LogP contribution in [0.25, 0.3) is 10.9 Å². The highest BCUT2D eigenvalue weighted by atomic mass is 16.5. The van der Waals surface area contributed by atoms with Crippen LogP contribution in [0.2, 0.25) is 0 Å². The zero-order valence-corrected chi connectivity index (χ0v) is 9.86. The number of nitrogens with zero attached hydrogens (tertiary/aromatic N) is 1. The zero-order chi connectivity index (χ0) is 11.5. The minimum atomic E-state index is 0.699. The van der Waals surface area contributed by atoms with Crippen molar-refractivity contribution in [3.63, 3.8) is 0 Å². The quantitative estimate of drug-likeness (QED) is 0.710. The summed E-state index contributed by atoms with van der Waals surface area (Å²) in [6.07, 6.45) is 2.09. The first-order valence-electron chi connectivity index (χ1n) is 5.57. The van der Waals surface area contributed by atoms with Crippen LogP contribution in [-0.2, 0) is 6.54 Å². The van der Waals surface area contributed by atoms with Gasteiger partial charge in [0.05, 0.1) is 12.1 Å². The summed E-state index contributed by atoms with van der Waals surface area (Å²) in [5.41, 5.74) is 2.35. The van der Waals surface area contributed by atoms with Crippen molar-refractivity contribution in [1.82, 2.24) is 4.57 Å². The first-order valence-corrected chi connectivity index (χ1v) is 5.57. The lowest BCUT2D eigenvalue weighted by Gasteiger charge is -2.07. The number of hydrogen-bond donors (Lipinski definition) is 0. The minimum absolute atomic E-state index is 0.699. The molecule has 16 heavy (non-hydrogen) atoms. The Morgan fingerprint density at radius 2 is 2.19 bits per heavy atom. The molecule has 2 heteroatoms. The Kier molecular flexibility index (Phi) is 3.00. The van der Waals surface area contributed by atoms with E-state index in [2.05, 4.69) is 29.5 Å². The minimum Gasteiger partial charge on any atom is -0.493 e. The van der Waals surface area contributed by atoms with Crippen LogP contribution >= 0.6 is 0 Å². The van der Waals surface area contributed by atoms with Gasteiger partial charge in [0.15, 0.2) is 0 Å². The van der Waals surface area contributed by atoms with Gasteiger partial charge in [-0.2, -0.15) is 0 Å². The summed E-state index contributed by atoms with van der Waals surface area (Å²) in [4.78, 5) is 0. The van der Waals surface area contributed by atoms with Crippen LogP contribution in [0.3, 0.4) is 0 Å². The molecule has 0 atom stereocenters. The summed E-state index contributed by atoms with van der Waals surface area (Å²) in [5, 5.41) is 1.17. The molecule has 1 aromatic heterocycles. The van der Waals surface area contributed by atoms with Crippen molar-refractivity contribution in [2.75, 3.05) is 6.61 Å². The predicted molar refractivity (Wildman–Crippen MR) is 67.9 cm³/mol. The highest BCUT2D eigenvalue weighted by molar-refractivity contribution is 5.86. The number of hydrogen-bond acceptors (Lipinski definition) is 1. The fourth-order valence-corrected chi connectivity index (χ4v) is 1.91. The molecule has 1 heterocycles. The lowest BCUT2D eigenvalue weighted by Crippen LogP contribution is -1.96. The third-order valence-corrected chi connectivity index (χ3v) is 2.51. The van der Waals surface area contributed by atoms with Crippen LogP contribution in [0.15, 0.2) is 42.6 Å². The van der Waals surface area contributed by atoms with Crippen LogP contribution in [-0.4, -0.2) is 11.2 Å². The third kappa shape index (κ3) is 1.96. The summed E-state index contributed by atoms with van der Waals surface area (Å²) in [6.45, 7) is 9.55. The zero-order valence-electron chi connectivity index (χ0n) is 9.86. The SMILES string of the molecule is C=C(C)Cn1ccc2c(OCC)cccc21. The maximum atomic E-state index is 5.60. The average Bonchev–Trinajstić information content (AvgIpc) is 2.63. The topological polar surface area (TPSA) is 14.2 Å². The van der Waals surface area contributed by atoms with Crippen LogP contribution in [0, 0.1) is 0 Å². The standard InChI is InChI=1S/C14H17NO/c1-4-16-14-7-5-6-13-12(14)8-9-15(13)10-11(2)3/h5-9H,2,4,10H2,1,3H3. The van der Waals surface area contributed by atoms with E-state index < -0.39 is 0 Å². The highest BCUT2D eigenvalue weighted by Gasteiger charge is 2.05. The second kappa shape index (κ2) is 4.44. The number of ether oxygens (including phenoxy) is 1. The summed E-state index contributed by atoms with van der Waals surface area (Å²) in [5.74, 6) is 0.959. The van der Waals surface area contributed by atoms with Gasteiger partial charge >= 0.3 is 0 Å². The lowest BCUT2D eigenvalue weighted by atomic mass is 10.2. The number of fused-ring (bicyclic) bond motifs is 1. The van der Waals surface area contributed by atoms with Gasteiger partial charge in [-0.3, -0.25) is 0 Å². The fraction of sp³-hybridized carbons (Fsp3) is 0.286. The van der Waals surface area contributed by atoms with Crippen molar-refractivity contribution in [3.05, 3.63) is 42.6 Å². The van der Waals surface area contributed by atoms with E-state index in [1.54, 1.807) is 0 Å². The van der Waals surface area contributed by atoms with Crippen LogP contribution in [0.1, 0.15) is 13.8 Å². The molecule has 0 N–H and O–H groups in total. The van der Waals surface area contributed by atoms with Gasteiger partial charge in [-0.1, -0.05) is 18.2 Å². The average molecular weight is 215 g/mol. The maximum Gasteiger partial charge on any atom is 0.128 e. The van der Waals surface area contributed by atoms with Gasteiger partial charge in [0, 0.05) is 18.1 Å². The van der Waals surface area contributed by atoms with E-state index in [1.807, 2.05) is 26.0 Å². The van der Waals surface area contributed by atoms with Gasteiger partial charge < -0.3 is 9.30 Å². The molecule has 0 fully saturated rings. The van der Waals surface area contributed by atoms with Gasteiger partial charge in [0.2, 0.25) is 0 Å². The van der Waals surface area contributed by atoms with E-state index in [-0.39, 0.29) is 0 Å². The molecule has 2 rings (SSSR count). The van der Waals surface area contributed by atoms with Gasteiger partial charge in [-0.05, 0) is 32.0 Å². The molecule has 0 spiro atoms. The van der Waals surface area contributed by atoms with E-state index >= 15 is 0 Å². The monoisotopic (exact) mass is 215 g/mol. The molecule has 0 aliphatic carbocycles.